The van der Waals surface area contributed by atoms with Crippen LogP contribution in [0.15, 0.2) is 59.4 Å². The maximum Gasteiger partial charge on any atom is 0.269 e. The van der Waals surface area contributed by atoms with E-state index < -0.39 is 115 Å². The van der Waals surface area contributed by atoms with Gasteiger partial charge in [-0.05, 0) is 50.3 Å². The number of nitrogens with one attached hydrogen (secondary N) is 1. The number of halogens is 2. The van der Waals surface area contributed by atoms with E-state index in [4.69, 9.17) is 34.0 Å². The number of nitrogens with two attached hydrogens (primary N) is 1. The smallest absolute Gasteiger partial charge is 0.269 e. The first-order valence-electron chi connectivity index (χ1n) is 15.6. The number of carbonyl (C=O) groups is 4. The molecule has 55 heavy (non-hydrogen) atoms. The lowest BCUT2D eigenvalue weighted by atomic mass is 9.53. The molecule has 22 heteroatoms. The number of hydrogen-bond donors (Lipinski definition) is 10. The van der Waals surface area contributed by atoms with Gasteiger partial charge in [0.1, 0.15) is 28.9 Å². The molecule has 0 saturated heterocycles. The Morgan fingerprint density at radius 1 is 1.05 bits per heavy atom. The van der Waals surface area contributed by atoms with Crippen molar-refractivity contribution in [3.8, 4) is 5.75 Å². The van der Waals surface area contributed by atoms with E-state index in [1.807, 2.05) is 0 Å². The monoisotopic (exact) mass is 818 g/mol. The molecule has 3 aliphatic rings. The zero-order valence-corrected chi connectivity index (χ0v) is 30.6. The van der Waals surface area contributed by atoms with Crippen LogP contribution in [0, 0.1) is 22.0 Å². The number of ketones is 2. The van der Waals surface area contributed by atoms with Crippen LogP contribution in [0.4, 0.5) is 5.69 Å². The molecule has 1 saturated carbocycles. The molecular weight excluding hydrogens is 779 g/mol. The second-order valence-electron chi connectivity index (χ2n) is 13.0. The normalized spacial score (nSPS) is 26.6. The number of amides is 2. The highest BCUT2D eigenvalue weighted by molar-refractivity contribution is 6.53. The fraction of sp³-hybridized carbons (Fsp3) is 0.394. The number of Topliss-reactive ketones (excluding diaryl/α,β-unsaturated/α-hetero) is 2. The average Bonchev–Trinajstić information content (AvgIpc) is 3.08. The zero-order valence-electron chi connectivity index (χ0n) is 29.0. The van der Waals surface area contributed by atoms with Crippen molar-refractivity contribution in [2.45, 2.75) is 47.3 Å². The van der Waals surface area contributed by atoms with Gasteiger partial charge in [-0.25, -0.2) is 0 Å². The quantitative estimate of drug-likeness (QED) is 0.0588. The van der Waals surface area contributed by atoms with E-state index in [0.29, 0.717) is 5.56 Å². The molecule has 0 heterocycles. The summed E-state index contributed by atoms with van der Waals surface area (Å²) in [7, 11) is 2.80. The minimum Gasteiger partial charge on any atom is -0.508 e. The number of alkyl halides is 2. The minimum absolute atomic E-state index is 0. The Bertz CT molecular complexity index is 1920. The number of likely N-dealkylation sites (N-methyl/N-ethyl adjacent to an activating group) is 1. The summed E-state index contributed by atoms with van der Waals surface area (Å²) in [5, 5.41) is 98.3. The van der Waals surface area contributed by atoms with Gasteiger partial charge in [0.05, 0.1) is 58.3 Å². The number of phenols is 1. The summed E-state index contributed by atoms with van der Waals surface area (Å²) in [6.07, 6.45) is -3.12. The maximum atomic E-state index is 13.7. The summed E-state index contributed by atoms with van der Waals surface area (Å²) in [5.74, 6) is -10.4. The highest BCUT2D eigenvalue weighted by Crippen LogP contribution is 2.57. The second-order valence-corrected chi connectivity index (χ2v) is 14.0. The topological polar surface area (TPSA) is 378 Å². The molecule has 0 bridgehead atoms. The number of aliphatic hydroxyl groups is 7. The Labute approximate surface area is 321 Å². The molecule has 0 aromatic heterocycles. The molecule has 5 rings (SSSR count). The summed E-state index contributed by atoms with van der Waals surface area (Å²) in [6.45, 7) is 0.702. The fourth-order valence-corrected chi connectivity index (χ4v) is 7.22. The van der Waals surface area contributed by atoms with Crippen molar-refractivity contribution in [3.05, 3.63) is 86.2 Å². The number of benzene rings is 2. The van der Waals surface area contributed by atoms with Gasteiger partial charge in [-0.15, -0.1) is 0 Å². The molecule has 1 fully saturated rings. The van der Waals surface area contributed by atoms with Crippen LogP contribution in [0.1, 0.15) is 29.7 Å². The SMILES string of the molecule is CN(C)[C@@H]1C(=O)C(C(N)=O)=C(O)[C@@]2(O)C(=O)C3=C(O)c4c(O)cccc4[C@@](C)(O)[C@H]3[C@H](O)[C@@H]12.O.O.O=C(N[C@H](CO)[C@H](O)c1ccc([N+](=O)[O-])cc1)C(Cl)Cl. The van der Waals surface area contributed by atoms with Gasteiger partial charge in [0.15, 0.2) is 16.2 Å². The highest BCUT2D eigenvalue weighted by Gasteiger charge is 2.70. The van der Waals surface area contributed by atoms with Crippen molar-refractivity contribution in [2.24, 2.45) is 17.6 Å². The van der Waals surface area contributed by atoms with Crippen molar-refractivity contribution >= 4 is 58.0 Å². The number of aromatic hydroxyl groups is 1. The van der Waals surface area contributed by atoms with Crippen LogP contribution in [0.25, 0.3) is 5.76 Å². The fourth-order valence-electron chi connectivity index (χ4n) is 7.09. The number of aliphatic hydroxyl groups excluding tert-OH is 5. The molecule has 0 aliphatic heterocycles. The van der Waals surface area contributed by atoms with Crippen LogP contribution in [0.3, 0.4) is 0 Å². The van der Waals surface area contributed by atoms with Crippen LogP contribution >= 0.6 is 23.2 Å². The largest absolute Gasteiger partial charge is 0.508 e. The van der Waals surface area contributed by atoms with Gasteiger partial charge < -0.3 is 62.9 Å². The predicted molar refractivity (Wildman–Crippen MR) is 191 cm³/mol. The number of hydrogen-bond acceptors (Lipinski definition) is 15. The van der Waals surface area contributed by atoms with Crippen LogP contribution in [-0.4, -0.2) is 134 Å². The van der Waals surface area contributed by atoms with Crippen LogP contribution in [0.2, 0.25) is 0 Å². The van der Waals surface area contributed by atoms with E-state index in [1.54, 1.807) is 0 Å². The zero-order chi connectivity index (χ0) is 40.1. The highest BCUT2D eigenvalue weighted by atomic mass is 35.5. The third-order valence-corrected chi connectivity index (χ3v) is 9.98. The molecule has 2 aromatic carbocycles. The average molecular weight is 820 g/mol. The lowest BCUT2D eigenvalue weighted by Gasteiger charge is -2.55. The number of fused-ring (bicyclic) bond motifs is 3. The summed E-state index contributed by atoms with van der Waals surface area (Å²) < 4.78 is 0. The first-order valence-corrected chi connectivity index (χ1v) is 16.4. The number of primary amides is 1. The van der Waals surface area contributed by atoms with Gasteiger partial charge in [0.25, 0.3) is 17.5 Å². The summed E-state index contributed by atoms with van der Waals surface area (Å²) in [4.78, 5) is 59.8. The molecule has 20 nitrogen and oxygen atoms in total. The van der Waals surface area contributed by atoms with E-state index in [-0.39, 0.29) is 27.8 Å². The Morgan fingerprint density at radius 3 is 2.09 bits per heavy atom. The van der Waals surface area contributed by atoms with Crippen LogP contribution < -0.4 is 11.1 Å². The lowest BCUT2D eigenvalue weighted by molar-refractivity contribution is -0.384. The molecule has 8 atom stereocenters. The van der Waals surface area contributed by atoms with Crippen molar-refractivity contribution < 1.29 is 75.9 Å². The summed E-state index contributed by atoms with van der Waals surface area (Å²) in [6, 6.07) is 6.56. The van der Waals surface area contributed by atoms with E-state index in [2.05, 4.69) is 5.32 Å². The predicted octanol–water partition coefficient (Wildman–Crippen LogP) is -2.14. The number of nitro benzene ring substituents is 1. The molecule has 302 valence electrons. The molecule has 15 N–H and O–H groups in total. The molecule has 0 unspecified atom stereocenters. The van der Waals surface area contributed by atoms with Gasteiger partial charge in [0, 0.05) is 12.1 Å². The maximum absolute atomic E-state index is 13.7. The van der Waals surface area contributed by atoms with E-state index in [0.717, 1.165) is 0 Å². The number of nitro groups is 1. The van der Waals surface area contributed by atoms with Crippen LogP contribution in [-0.2, 0) is 24.8 Å². The number of carbonyl (C=O) groups excluding carboxylic acids is 4. The van der Waals surface area contributed by atoms with Crippen LogP contribution in [0.5, 0.6) is 5.75 Å². The summed E-state index contributed by atoms with van der Waals surface area (Å²) >= 11 is 10.7. The molecule has 0 spiro atoms. The van der Waals surface area contributed by atoms with Gasteiger partial charge in [-0.2, -0.15) is 0 Å². The Hall–Kier alpha value is -4.74. The van der Waals surface area contributed by atoms with Crippen molar-refractivity contribution in [1.29, 1.82) is 0 Å². The Morgan fingerprint density at radius 2 is 1.62 bits per heavy atom. The first kappa shape index (κ1) is 46.4. The van der Waals surface area contributed by atoms with Crippen molar-refractivity contribution in [2.75, 3.05) is 20.7 Å². The minimum atomic E-state index is -3.02. The first-order chi connectivity index (χ1) is 24.6. The van der Waals surface area contributed by atoms with E-state index in [1.165, 1.54) is 68.4 Å². The third-order valence-electron chi connectivity index (χ3n) is 9.58. The number of nitrogens with zero attached hydrogens (tertiary/aromatic N) is 2. The van der Waals surface area contributed by atoms with Gasteiger partial charge >= 0.3 is 0 Å². The molecule has 0 radical (unpaired) electrons. The Kier molecular flexibility index (Phi) is 14.3. The van der Waals surface area contributed by atoms with E-state index >= 15 is 0 Å². The van der Waals surface area contributed by atoms with Gasteiger partial charge in [-0.1, -0.05) is 35.3 Å². The standard InChI is InChI=1S/C22H24N2O9.C11H12Cl2N2O5.2H2O/c1-21(32)7-5-4-6-8(25)9(7)15(26)10-12(21)17(28)13-14(24(2)3)16(27)11(20(23)31)19(30)22(13,33)18(10)29;12-10(13)11(18)14-8(5-16)9(17)6-1-3-7(4-2-6)15(19)20;;/h4-6,12-14,17,25-26,28,30,32-33H,1-3H3,(H2,23,31);1-4,8-10,16-17H,5H2,(H,14,18);2*1H2/t12-,13-,14+,17+,21-,22+;8-,9-;;/m11../s1. The lowest BCUT2D eigenvalue weighted by Crippen LogP contribution is -2.71. The van der Waals surface area contributed by atoms with Crippen molar-refractivity contribution in [1.82, 2.24) is 10.2 Å². The van der Waals surface area contributed by atoms with Gasteiger partial charge in [0.2, 0.25) is 5.78 Å². The molecule has 2 aromatic rings. The van der Waals surface area contributed by atoms with Gasteiger partial charge in [-0.3, -0.25) is 34.2 Å². The summed E-state index contributed by atoms with van der Waals surface area (Å²) in [5.41, 5.74) is -1.61. The van der Waals surface area contributed by atoms with Crippen molar-refractivity contribution in [3.63, 3.8) is 0 Å². The second kappa shape index (κ2) is 17.0. The molecule has 3 aliphatic carbocycles. The number of phenolic OH excluding ortho intramolecular Hbond substituents is 1. The molecule has 2 amide bonds. The third kappa shape index (κ3) is 7.74. The Balaban J connectivity index is 0.000000412. The van der Waals surface area contributed by atoms with E-state index in [9.17, 15) is 65.0 Å². The number of non-ortho nitro benzene ring substituents is 1. The molecular formula is C33H40Cl2N4O16. The number of rotatable bonds is 8.